The highest BCUT2D eigenvalue weighted by atomic mass is 35.5. The minimum absolute atomic E-state index is 0.323. The Morgan fingerprint density at radius 3 is 2.47 bits per heavy atom. The topological polar surface area (TPSA) is 78.5 Å². The Morgan fingerprint density at radius 2 is 1.80 bits per heavy atom. The number of amides is 1. The zero-order valence-corrected chi connectivity index (χ0v) is 17.0. The normalized spacial score (nSPS) is 10.6. The standard InChI is InChI=1S/C22H18ClN3O4/c1-28-20-13-16(21(29-2)11-15(20)23)24-22(27)18-12-17(19-9-6-10-30-19)25-26(18)14-7-4-3-5-8-14/h3-13H,1-2H3,(H,24,27). The largest absolute Gasteiger partial charge is 0.495 e. The van der Waals surface area contributed by atoms with Crippen LogP contribution in [0.1, 0.15) is 10.5 Å². The summed E-state index contributed by atoms with van der Waals surface area (Å²) >= 11 is 6.16. The minimum Gasteiger partial charge on any atom is -0.495 e. The molecule has 1 N–H and O–H groups in total. The highest BCUT2D eigenvalue weighted by molar-refractivity contribution is 6.32. The summed E-state index contributed by atoms with van der Waals surface area (Å²) in [6.45, 7) is 0. The summed E-state index contributed by atoms with van der Waals surface area (Å²) in [5.41, 5.74) is 2.02. The fourth-order valence-electron chi connectivity index (χ4n) is 3.00. The summed E-state index contributed by atoms with van der Waals surface area (Å²) in [5.74, 6) is 1.00. The molecule has 0 unspecified atom stereocenters. The van der Waals surface area contributed by atoms with Gasteiger partial charge in [0.25, 0.3) is 5.91 Å². The van der Waals surface area contributed by atoms with E-state index in [9.17, 15) is 4.79 Å². The number of methoxy groups -OCH3 is 2. The molecule has 0 spiro atoms. The average molecular weight is 424 g/mol. The van der Waals surface area contributed by atoms with Gasteiger partial charge in [-0.3, -0.25) is 4.79 Å². The van der Waals surface area contributed by atoms with Crippen LogP contribution >= 0.6 is 11.6 Å². The van der Waals surface area contributed by atoms with Crippen molar-refractivity contribution in [1.29, 1.82) is 0 Å². The maximum absolute atomic E-state index is 13.2. The third kappa shape index (κ3) is 3.75. The van der Waals surface area contributed by atoms with Gasteiger partial charge >= 0.3 is 0 Å². The number of benzene rings is 2. The van der Waals surface area contributed by atoms with E-state index < -0.39 is 0 Å². The number of nitrogens with one attached hydrogen (secondary N) is 1. The van der Waals surface area contributed by atoms with Crippen LogP contribution in [0.5, 0.6) is 11.5 Å². The first-order chi connectivity index (χ1) is 14.6. The molecule has 0 aliphatic carbocycles. The smallest absolute Gasteiger partial charge is 0.274 e. The SMILES string of the molecule is COc1cc(NC(=O)c2cc(-c3ccco3)nn2-c2ccccc2)c(OC)cc1Cl. The quantitative estimate of drug-likeness (QED) is 0.469. The number of rotatable bonds is 6. The molecule has 0 atom stereocenters. The van der Waals surface area contributed by atoms with Crippen LogP contribution in [0.3, 0.4) is 0 Å². The molecule has 0 bridgehead atoms. The van der Waals surface area contributed by atoms with Crippen molar-refractivity contribution in [3.63, 3.8) is 0 Å². The lowest BCUT2D eigenvalue weighted by atomic mass is 10.2. The third-order valence-corrected chi connectivity index (χ3v) is 4.73. The van der Waals surface area contributed by atoms with E-state index in [-0.39, 0.29) is 5.91 Å². The number of anilines is 1. The van der Waals surface area contributed by atoms with Gasteiger partial charge in [-0.2, -0.15) is 5.10 Å². The van der Waals surface area contributed by atoms with Gasteiger partial charge in [-0.25, -0.2) is 4.68 Å². The van der Waals surface area contributed by atoms with Crippen LogP contribution in [0.25, 0.3) is 17.1 Å². The van der Waals surface area contributed by atoms with E-state index in [4.69, 9.17) is 25.5 Å². The second-order valence-corrected chi connectivity index (χ2v) is 6.69. The van der Waals surface area contributed by atoms with Crippen LogP contribution in [-0.4, -0.2) is 29.9 Å². The van der Waals surface area contributed by atoms with Crippen molar-refractivity contribution in [2.24, 2.45) is 0 Å². The molecule has 0 aliphatic heterocycles. The number of carbonyl (C=O) groups is 1. The summed E-state index contributed by atoms with van der Waals surface area (Å²) in [4.78, 5) is 13.2. The third-order valence-electron chi connectivity index (χ3n) is 4.44. The zero-order valence-electron chi connectivity index (χ0n) is 16.3. The monoisotopic (exact) mass is 423 g/mol. The number of furan rings is 1. The van der Waals surface area contributed by atoms with Gasteiger partial charge in [-0.1, -0.05) is 29.8 Å². The van der Waals surface area contributed by atoms with Crippen molar-refractivity contribution >= 4 is 23.2 Å². The number of aromatic nitrogens is 2. The molecular weight excluding hydrogens is 406 g/mol. The number of hydrogen-bond acceptors (Lipinski definition) is 5. The van der Waals surface area contributed by atoms with Crippen LogP contribution in [0, 0.1) is 0 Å². The van der Waals surface area contributed by atoms with E-state index in [2.05, 4.69) is 10.4 Å². The molecule has 0 fully saturated rings. The molecule has 7 nitrogen and oxygen atoms in total. The number of halogens is 1. The number of hydrogen-bond donors (Lipinski definition) is 1. The Bertz CT molecular complexity index is 1170. The molecule has 0 aliphatic rings. The van der Waals surface area contributed by atoms with Gasteiger partial charge in [0.05, 0.1) is 36.9 Å². The van der Waals surface area contributed by atoms with E-state index in [0.717, 1.165) is 5.69 Å². The fraction of sp³-hybridized carbons (Fsp3) is 0.0909. The highest BCUT2D eigenvalue weighted by Crippen LogP contribution is 2.36. The lowest BCUT2D eigenvalue weighted by Gasteiger charge is -2.13. The predicted octanol–water partition coefficient (Wildman–Crippen LogP) is 5.06. The van der Waals surface area contributed by atoms with Crippen LogP contribution in [0.2, 0.25) is 5.02 Å². The van der Waals surface area contributed by atoms with Crippen LogP contribution in [0.4, 0.5) is 5.69 Å². The van der Waals surface area contributed by atoms with Gasteiger partial charge in [-0.05, 0) is 24.3 Å². The molecule has 30 heavy (non-hydrogen) atoms. The van der Waals surface area contributed by atoms with Gasteiger partial charge in [0.1, 0.15) is 22.9 Å². The van der Waals surface area contributed by atoms with E-state index >= 15 is 0 Å². The Kier molecular flexibility index (Phi) is 5.45. The van der Waals surface area contributed by atoms with Crippen molar-refractivity contribution in [3.8, 4) is 28.6 Å². The van der Waals surface area contributed by atoms with Crippen molar-refractivity contribution in [2.75, 3.05) is 19.5 Å². The Labute approximate surface area is 177 Å². The lowest BCUT2D eigenvalue weighted by Crippen LogP contribution is -2.17. The van der Waals surface area contributed by atoms with Crippen molar-refractivity contribution in [3.05, 3.63) is 77.6 Å². The first-order valence-corrected chi connectivity index (χ1v) is 9.40. The summed E-state index contributed by atoms with van der Waals surface area (Å²) in [6.07, 6.45) is 1.56. The number of ether oxygens (including phenoxy) is 2. The second-order valence-electron chi connectivity index (χ2n) is 6.28. The van der Waals surface area contributed by atoms with Gasteiger partial charge < -0.3 is 19.2 Å². The maximum Gasteiger partial charge on any atom is 0.274 e. The molecule has 0 saturated carbocycles. The van der Waals surface area contributed by atoms with E-state index in [0.29, 0.717) is 39.4 Å². The highest BCUT2D eigenvalue weighted by Gasteiger charge is 2.21. The average Bonchev–Trinajstić information content (AvgIpc) is 3.45. The molecule has 4 rings (SSSR count). The van der Waals surface area contributed by atoms with Crippen molar-refractivity contribution in [1.82, 2.24) is 9.78 Å². The molecular formula is C22H18ClN3O4. The predicted molar refractivity (Wildman–Crippen MR) is 114 cm³/mol. The summed E-state index contributed by atoms with van der Waals surface area (Å²) in [6, 6.07) is 17.8. The molecule has 2 aromatic carbocycles. The molecule has 2 heterocycles. The Morgan fingerprint density at radius 1 is 1.03 bits per heavy atom. The lowest BCUT2D eigenvalue weighted by molar-refractivity contribution is 0.101. The van der Waals surface area contributed by atoms with E-state index in [1.807, 2.05) is 30.3 Å². The first-order valence-electron chi connectivity index (χ1n) is 9.03. The van der Waals surface area contributed by atoms with Crippen LogP contribution in [-0.2, 0) is 0 Å². The number of para-hydroxylation sites is 1. The molecule has 2 aromatic heterocycles. The van der Waals surface area contributed by atoms with Crippen LogP contribution < -0.4 is 14.8 Å². The second kappa shape index (κ2) is 8.34. The number of carbonyl (C=O) groups excluding carboxylic acids is 1. The zero-order chi connectivity index (χ0) is 21.1. The molecule has 8 heteroatoms. The van der Waals surface area contributed by atoms with Crippen molar-refractivity contribution < 1.29 is 18.7 Å². The molecule has 0 saturated heterocycles. The maximum atomic E-state index is 13.2. The van der Waals surface area contributed by atoms with Gasteiger partial charge in [0.2, 0.25) is 0 Å². The van der Waals surface area contributed by atoms with E-state index in [1.54, 1.807) is 41.3 Å². The first kappa shape index (κ1) is 19.6. The van der Waals surface area contributed by atoms with Gasteiger partial charge in [0.15, 0.2) is 5.76 Å². The van der Waals surface area contributed by atoms with E-state index in [1.165, 1.54) is 14.2 Å². The summed E-state index contributed by atoms with van der Waals surface area (Å²) in [5, 5.41) is 7.79. The van der Waals surface area contributed by atoms with Crippen molar-refractivity contribution in [2.45, 2.75) is 0 Å². The fourth-order valence-corrected chi connectivity index (χ4v) is 3.23. The van der Waals surface area contributed by atoms with Crippen LogP contribution in [0.15, 0.2) is 71.3 Å². The molecule has 152 valence electrons. The summed E-state index contributed by atoms with van der Waals surface area (Å²) in [7, 11) is 3.00. The Balaban J connectivity index is 1.76. The summed E-state index contributed by atoms with van der Waals surface area (Å²) < 4.78 is 17.6. The Hall–Kier alpha value is -3.71. The number of nitrogens with zero attached hydrogens (tertiary/aromatic N) is 2. The molecule has 0 radical (unpaired) electrons. The minimum atomic E-state index is -0.383. The van der Waals surface area contributed by atoms with Gasteiger partial charge in [0, 0.05) is 18.2 Å². The molecule has 4 aromatic rings. The molecule has 1 amide bonds. The van der Waals surface area contributed by atoms with Gasteiger partial charge in [-0.15, -0.1) is 0 Å².